The highest BCUT2D eigenvalue weighted by Gasteiger charge is 2.09. The Morgan fingerprint density at radius 1 is 1.40 bits per heavy atom. The minimum Gasteiger partial charge on any atom is -0.316 e. The van der Waals surface area contributed by atoms with Crippen LogP contribution in [-0.2, 0) is 4.79 Å². The molecule has 0 saturated carbocycles. The molecule has 2 nitrogen and oxygen atoms in total. The highest BCUT2D eigenvalue weighted by molar-refractivity contribution is 5.85. The van der Waals surface area contributed by atoms with Crippen LogP contribution in [0.2, 0.25) is 0 Å². The van der Waals surface area contributed by atoms with Crippen LogP contribution >= 0.6 is 24.8 Å². The molecule has 0 bridgehead atoms. The number of rotatable bonds is 1. The molecule has 1 heterocycles. The largest absolute Gasteiger partial charge is 0.316 e. The smallest absolute Gasteiger partial charge is 0.124 e. The first-order valence-electron chi connectivity index (χ1n) is 3.09. The molecule has 1 fully saturated rings. The molecule has 4 heteroatoms. The van der Waals surface area contributed by atoms with E-state index in [9.17, 15) is 4.79 Å². The van der Waals surface area contributed by atoms with E-state index in [1.54, 1.807) is 0 Å². The minimum atomic E-state index is 0. The summed E-state index contributed by atoms with van der Waals surface area (Å²) in [4.78, 5) is 10.1. The van der Waals surface area contributed by atoms with Crippen LogP contribution in [0.25, 0.3) is 0 Å². The fourth-order valence-corrected chi connectivity index (χ4v) is 0.995. The molecule has 0 aromatic rings. The van der Waals surface area contributed by atoms with Gasteiger partial charge in [-0.2, -0.15) is 0 Å². The van der Waals surface area contributed by atoms with E-state index in [0.717, 1.165) is 32.2 Å². The quantitative estimate of drug-likeness (QED) is 0.619. The lowest BCUT2D eigenvalue weighted by atomic mass is 10.0. The average molecular weight is 186 g/mol. The Kier molecular flexibility index (Phi) is 9.40. The lowest BCUT2D eigenvalue weighted by Gasteiger charge is -2.16. The number of piperidine rings is 1. The number of nitrogens with one attached hydrogen (secondary N) is 1. The summed E-state index contributed by atoms with van der Waals surface area (Å²) in [5.74, 6) is 0.295. The third-order valence-corrected chi connectivity index (χ3v) is 1.53. The van der Waals surface area contributed by atoms with Crippen molar-refractivity contribution in [1.29, 1.82) is 0 Å². The average Bonchev–Trinajstić information content (AvgIpc) is 1.90. The molecule has 10 heavy (non-hydrogen) atoms. The van der Waals surface area contributed by atoms with Gasteiger partial charge in [0, 0.05) is 12.5 Å². The fraction of sp³-hybridized carbons (Fsp3) is 0.833. The molecule has 1 N–H and O–H groups in total. The van der Waals surface area contributed by atoms with Crippen molar-refractivity contribution in [2.24, 2.45) is 5.92 Å². The molecule has 1 aliphatic heterocycles. The second kappa shape index (κ2) is 7.32. The molecule has 0 spiro atoms. The Labute approximate surface area is 73.6 Å². The molecule has 1 rings (SSSR count). The first-order chi connectivity index (χ1) is 3.93. The minimum absolute atomic E-state index is 0. The van der Waals surface area contributed by atoms with Gasteiger partial charge in [0.1, 0.15) is 6.29 Å². The molecule has 62 valence electrons. The Bertz CT molecular complexity index is 83.8. The fourth-order valence-electron chi connectivity index (χ4n) is 0.995. The number of halogens is 2. The topological polar surface area (TPSA) is 29.1 Å². The van der Waals surface area contributed by atoms with Gasteiger partial charge >= 0.3 is 0 Å². The highest BCUT2D eigenvalue weighted by Crippen LogP contribution is 2.05. The van der Waals surface area contributed by atoms with Gasteiger partial charge in [0.25, 0.3) is 0 Å². The van der Waals surface area contributed by atoms with Crippen molar-refractivity contribution in [1.82, 2.24) is 5.32 Å². The van der Waals surface area contributed by atoms with Crippen LogP contribution in [0.4, 0.5) is 0 Å². The van der Waals surface area contributed by atoms with Crippen LogP contribution in [0.5, 0.6) is 0 Å². The Morgan fingerprint density at radius 2 is 2.10 bits per heavy atom. The van der Waals surface area contributed by atoms with E-state index in [-0.39, 0.29) is 24.8 Å². The summed E-state index contributed by atoms with van der Waals surface area (Å²) in [5.41, 5.74) is 0. The number of hydrogen-bond donors (Lipinski definition) is 1. The normalized spacial score (nSPS) is 23.8. The predicted molar refractivity (Wildman–Crippen MR) is 46.2 cm³/mol. The van der Waals surface area contributed by atoms with Crippen molar-refractivity contribution < 1.29 is 4.79 Å². The van der Waals surface area contributed by atoms with Crippen molar-refractivity contribution >= 4 is 31.1 Å². The molecule has 0 aromatic carbocycles. The van der Waals surface area contributed by atoms with Crippen molar-refractivity contribution in [3.63, 3.8) is 0 Å². The van der Waals surface area contributed by atoms with Crippen LogP contribution in [0, 0.1) is 5.92 Å². The summed E-state index contributed by atoms with van der Waals surface area (Å²) in [6.45, 7) is 1.98. The number of aldehydes is 1. The molecular weight excluding hydrogens is 173 g/mol. The third-order valence-electron chi connectivity index (χ3n) is 1.53. The second-order valence-electron chi connectivity index (χ2n) is 2.24. The van der Waals surface area contributed by atoms with Crippen LogP contribution in [-0.4, -0.2) is 19.4 Å². The van der Waals surface area contributed by atoms with Crippen molar-refractivity contribution in [2.45, 2.75) is 12.8 Å². The molecule has 1 atom stereocenters. The Hall–Kier alpha value is 0.210. The van der Waals surface area contributed by atoms with E-state index in [2.05, 4.69) is 5.32 Å². The molecule has 1 aliphatic rings. The SMILES string of the molecule is Cl.Cl.O=CC1CCCNC1. The highest BCUT2D eigenvalue weighted by atomic mass is 35.5. The standard InChI is InChI=1S/C6H11NO.2ClH/c8-5-6-2-1-3-7-4-6;;/h5-7H,1-4H2;2*1H. The summed E-state index contributed by atoms with van der Waals surface area (Å²) in [6.07, 6.45) is 3.28. The zero-order chi connectivity index (χ0) is 5.82. The van der Waals surface area contributed by atoms with E-state index in [0.29, 0.717) is 5.92 Å². The number of carbonyl (C=O) groups excluding carboxylic acids is 1. The lowest BCUT2D eigenvalue weighted by Crippen LogP contribution is -2.30. The first-order valence-corrected chi connectivity index (χ1v) is 3.09. The van der Waals surface area contributed by atoms with Crippen LogP contribution < -0.4 is 5.32 Å². The maximum Gasteiger partial charge on any atom is 0.124 e. The lowest BCUT2D eigenvalue weighted by molar-refractivity contribution is -0.111. The van der Waals surface area contributed by atoms with Crippen molar-refractivity contribution in [3.05, 3.63) is 0 Å². The van der Waals surface area contributed by atoms with Gasteiger partial charge < -0.3 is 10.1 Å². The molecule has 0 aliphatic carbocycles. The van der Waals surface area contributed by atoms with Crippen molar-refractivity contribution in [2.75, 3.05) is 13.1 Å². The Balaban J connectivity index is 0. The summed E-state index contributed by atoms with van der Waals surface area (Å²) < 4.78 is 0. The molecular formula is C6H13Cl2NO. The zero-order valence-corrected chi connectivity index (χ0v) is 7.34. The van der Waals surface area contributed by atoms with E-state index in [1.807, 2.05) is 0 Å². The van der Waals surface area contributed by atoms with Gasteiger partial charge in [-0.25, -0.2) is 0 Å². The van der Waals surface area contributed by atoms with Gasteiger partial charge in [-0.15, -0.1) is 24.8 Å². The summed E-state index contributed by atoms with van der Waals surface area (Å²) >= 11 is 0. The first kappa shape index (κ1) is 12.8. The van der Waals surface area contributed by atoms with Crippen LogP contribution in [0.3, 0.4) is 0 Å². The second-order valence-corrected chi connectivity index (χ2v) is 2.24. The van der Waals surface area contributed by atoms with Crippen LogP contribution in [0.15, 0.2) is 0 Å². The molecule has 0 amide bonds. The summed E-state index contributed by atoms with van der Waals surface area (Å²) in [7, 11) is 0. The van der Waals surface area contributed by atoms with E-state index in [1.165, 1.54) is 0 Å². The summed E-state index contributed by atoms with van der Waals surface area (Å²) in [6, 6.07) is 0. The molecule has 1 unspecified atom stereocenters. The molecule has 0 aromatic heterocycles. The van der Waals surface area contributed by atoms with E-state index in [4.69, 9.17) is 0 Å². The van der Waals surface area contributed by atoms with Crippen molar-refractivity contribution in [3.8, 4) is 0 Å². The monoisotopic (exact) mass is 185 g/mol. The van der Waals surface area contributed by atoms with Gasteiger partial charge in [-0.3, -0.25) is 0 Å². The summed E-state index contributed by atoms with van der Waals surface area (Å²) in [5, 5.41) is 3.15. The maximum atomic E-state index is 10.1. The van der Waals surface area contributed by atoms with Crippen LogP contribution in [0.1, 0.15) is 12.8 Å². The van der Waals surface area contributed by atoms with Gasteiger partial charge in [0.2, 0.25) is 0 Å². The maximum absolute atomic E-state index is 10.1. The van der Waals surface area contributed by atoms with Gasteiger partial charge in [0.15, 0.2) is 0 Å². The zero-order valence-electron chi connectivity index (χ0n) is 5.71. The number of carbonyl (C=O) groups is 1. The van der Waals surface area contributed by atoms with E-state index >= 15 is 0 Å². The molecule has 1 saturated heterocycles. The predicted octanol–water partition coefficient (Wildman–Crippen LogP) is 1.03. The Morgan fingerprint density at radius 3 is 2.40 bits per heavy atom. The molecule has 0 radical (unpaired) electrons. The van der Waals surface area contributed by atoms with E-state index < -0.39 is 0 Å². The van der Waals surface area contributed by atoms with Gasteiger partial charge in [0.05, 0.1) is 0 Å². The number of hydrogen-bond acceptors (Lipinski definition) is 2. The van der Waals surface area contributed by atoms with Gasteiger partial charge in [-0.05, 0) is 19.4 Å². The van der Waals surface area contributed by atoms with Gasteiger partial charge in [-0.1, -0.05) is 0 Å². The third kappa shape index (κ3) is 4.09.